The van der Waals surface area contributed by atoms with E-state index in [0.717, 1.165) is 0 Å². The maximum atomic E-state index is 11.1. The molecule has 3 rings (SSSR count). The van der Waals surface area contributed by atoms with E-state index in [1.165, 1.54) is 32.7 Å². The van der Waals surface area contributed by atoms with E-state index in [0.29, 0.717) is 39.7 Å². The Morgan fingerprint density at radius 2 is 1.67 bits per heavy atom. The summed E-state index contributed by atoms with van der Waals surface area (Å²) in [5.41, 5.74) is 1.01. The average molecular weight is 393 g/mol. The van der Waals surface area contributed by atoms with Crippen LogP contribution in [0.25, 0.3) is 10.9 Å². The molecule has 0 aliphatic heterocycles. The third kappa shape index (κ3) is 4.09. The Hall–Kier alpha value is -3.33. The second kappa shape index (κ2) is 8.37. The number of hydrogen-bond acceptors (Lipinski definition) is 8. The molecule has 1 heterocycles. The van der Waals surface area contributed by atoms with Gasteiger partial charge < -0.3 is 19.5 Å². The molecule has 142 valence electrons. The second-order valence-electron chi connectivity index (χ2n) is 5.25. The minimum absolute atomic E-state index is 0. The molecule has 0 fully saturated rings. The fraction of sp³-hybridized carbons (Fsp3) is 0.176. The minimum Gasteiger partial charge on any atom is -0.496 e. The summed E-state index contributed by atoms with van der Waals surface area (Å²) in [6.45, 7) is 0. The normalized spacial score (nSPS) is 10.0. The zero-order valence-electron chi connectivity index (χ0n) is 14.8. The van der Waals surface area contributed by atoms with Crippen molar-refractivity contribution < 1.29 is 19.1 Å². The average Bonchev–Trinajstić information content (AvgIpc) is 2.66. The van der Waals surface area contributed by atoms with Crippen molar-refractivity contribution in [1.29, 1.82) is 0 Å². The molecule has 0 aliphatic carbocycles. The molecule has 0 unspecified atom stereocenters. The molecule has 2 aromatic carbocycles. The summed E-state index contributed by atoms with van der Waals surface area (Å²) in [7, 11) is 4.52. The van der Waals surface area contributed by atoms with Crippen LogP contribution >= 0.6 is 12.4 Å². The molecule has 1 N–H and O–H groups in total. The van der Waals surface area contributed by atoms with Crippen LogP contribution in [0.4, 0.5) is 17.2 Å². The minimum atomic E-state index is -0.486. The molecule has 0 bridgehead atoms. The summed E-state index contributed by atoms with van der Waals surface area (Å²) in [5, 5.41) is 14.9. The molecule has 3 aromatic rings. The van der Waals surface area contributed by atoms with Crippen molar-refractivity contribution in [1.82, 2.24) is 9.97 Å². The Labute approximate surface area is 160 Å². The number of benzene rings is 2. The number of nitrogens with one attached hydrogen (secondary N) is 1. The van der Waals surface area contributed by atoms with Crippen molar-refractivity contribution in [3.63, 3.8) is 0 Å². The maximum Gasteiger partial charge on any atom is 0.275 e. The lowest BCUT2D eigenvalue weighted by molar-refractivity contribution is -0.384. The first kappa shape index (κ1) is 20.0. The van der Waals surface area contributed by atoms with E-state index in [-0.39, 0.29) is 18.1 Å². The number of nitro groups is 1. The van der Waals surface area contributed by atoms with E-state index in [1.807, 2.05) is 0 Å². The summed E-state index contributed by atoms with van der Waals surface area (Å²) in [4.78, 5) is 19.1. The van der Waals surface area contributed by atoms with Crippen molar-refractivity contribution in [2.75, 3.05) is 26.6 Å². The highest BCUT2D eigenvalue weighted by Crippen LogP contribution is 2.35. The van der Waals surface area contributed by atoms with Crippen LogP contribution in [0.5, 0.6) is 17.2 Å². The van der Waals surface area contributed by atoms with E-state index in [4.69, 9.17) is 14.2 Å². The standard InChI is InChI=1S/C17H16N4O5.ClH/c1-24-12-5-10(4-11(6-12)21(22)23)20-17-13-7-15(25-2)16(26-3)8-14(13)18-9-19-17;/h4-9H,1-3H3,(H,18,19,20);1H. The number of nitro benzene ring substituents is 1. The lowest BCUT2D eigenvalue weighted by atomic mass is 10.2. The molecule has 0 aliphatic rings. The number of methoxy groups -OCH3 is 3. The second-order valence-corrected chi connectivity index (χ2v) is 5.25. The van der Waals surface area contributed by atoms with E-state index in [2.05, 4.69) is 15.3 Å². The number of anilines is 2. The molecule has 9 nitrogen and oxygen atoms in total. The molecular weight excluding hydrogens is 376 g/mol. The number of non-ortho nitro benzene ring substituents is 1. The number of halogens is 1. The molecule has 10 heteroatoms. The van der Waals surface area contributed by atoms with Gasteiger partial charge in [0.2, 0.25) is 0 Å². The third-order valence-electron chi connectivity index (χ3n) is 3.74. The van der Waals surface area contributed by atoms with Gasteiger partial charge in [-0.25, -0.2) is 9.97 Å². The molecule has 0 spiro atoms. The predicted octanol–water partition coefficient (Wildman–Crippen LogP) is 3.73. The van der Waals surface area contributed by atoms with Gasteiger partial charge in [0.05, 0.1) is 43.5 Å². The predicted molar refractivity (Wildman–Crippen MR) is 103 cm³/mol. The van der Waals surface area contributed by atoms with Gasteiger partial charge in [-0.15, -0.1) is 12.4 Å². The van der Waals surface area contributed by atoms with Crippen molar-refractivity contribution in [2.24, 2.45) is 0 Å². The van der Waals surface area contributed by atoms with Crippen LogP contribution < -0.4 is 19.5 Å². The smallest absolute Gasteiger partial charge is 0.275 e. The molecule has 0 amide bonds. The molecule has 0 atom stereocenters. The summed E-state index contributed by atoms with van der Waals surface area (Å²) in [6, 6.07) is 7.86. The summed E-state index contributed by atoms with van der Waals surface area (Å²) in [5.74, 6) is 1.90. The topological polar surface area (TPSA) is 109 Å². The van der Waals surface area contributed by atoms with Gasteiger partial charge in [0.25, 0.3) is 5.69 Å². The van der Waals surface area contributed by atoms with Crippen LogP contribution in [0.1, 0.15) is 0 Å². The molecule has 0 saturated carbocycles. The van der Waals surface area contributed by atoms with Gasteiger partial charge in [0, 0.05) is 23.6 Å². The zero-order valence-corrected chi connectivity index (χ0v) is 15.6. The zero-order chi connectivity index (χ0) is 18.7. The molecule has 0 saturated heterocycles. The van der Waals surface area contributed by atoms with Crippen LogP contribution in [-0.4, -0.2) is 36.2 Å². The number of fused-ring (bicyclic) bond motifs is 1. The van der Waals surface area contributed by atoms with Crippen LogP contribution in [0, 0.1) is 10.1 Å². The Bertz CT molecular complexity index is 983. The van der Waals surface area contributed by atoms with Gasteiger partial charge in [0.1, 0.15) is 17.9 Å². The Morgan fingerprint density at radius 3 is 2.30 bits per heavy atom. The maximum absolute atomic E-state index is 11.1. The summed E-state index contributed by atoms with van der Waals surface area (Å²) in [6.07, 6.45) is 1.39. The molecular formula is C17H17ClN4O5. The van der Waals surface area contributed by atoms with E-state index >= 15 is 0 Å². The van der Waals surface area contributed by atoms with E-state index in [9.17, 15) is 10.1 Å². The highest BCUT2D eigenvalue weighted by atomic mass is 35.5. The number of hydrogen-bond donors (Lipinski definition) is 1. The molecule has 27 heavy (non-hydrogen) atoms. The first-order chi connectivity index (χ1) is 12.5. The Morgan fingerprint density at radius 1 is 0.963 bits per heavy atom. The lowest BCUT2D eigenvalue weighted by Gasteiger charge is -2.12. The van der Waals surface area contributed by atoms with Gasteiger partial charge in [0.15, 0.2) is 11.5 Å². The van der Waals surface area contributed by atoms with Gasteiger partial charge in [-0.1, -0.05) is 0 Å². The third-order valence-corrected chi connectivity index (χ3v) is 3.74. The first-order valence-corrected chi connectivity index (χ1v) is 7.53. The van der Waals surface area contributed by atoms with Crippen molar-refractivity contribution in [3.05, 3.63) is 46.8 Å². The van der Waals surface area contributed by atoms with Crippen LogP contribution in [0.2, 0.25) is 0 Å². The number of aromatic nitrogens is 2. The van der Waals surface area contributed by atoms with Gasteiger partial charge in [-0.05, 0) is 6.07 Å². The van der Waals surface area contributed by atoms with Crippen molar-refractivity contribution in [3.8, 4) is 17.2 Å². The van der Waals surface area contributed by atoms with Crippen LogP contribution in [0.3, 0.4) is 0 Å². The number of rotatable bonds is 6. The van der Waals surface area contributed by atoms with Crippen molar-refractivity contribution in [2.45, 2.75) is 0 Å². The Balaban J connectivity index is 0.00000261. The van der Waals surface area contributed by atoms with Crippen molar-refractivity contribution >= 4 is 40.5 Å². The molecule has 0 radical (unpaired) electrons. The lowest BCUT2D eigenvalue weighted by Crippen LogP contribution is -1.99. The SMILES string of the molecule is COc1cc(Nc2ncnc3cc(OC)c(OC)cc23)cc([N+](=O)[O-])c1.Cl. The fourth-order valence-corrected chi connectivity index (χ4v) is 2.50. The number of ether oxygens (including phenoxy) is 3. The Kier molecular flexibility index (Phi) is 6.19. The fourth-order valence-electron chi connectivity index (χ4n) is 2.50. The van der Waals surface area contributed by atoms with Crippen LogP contribution in [-0.2, 0) is 0 Å². The number of nitrogens with zero attached hydrogens (tertiary/aromatic N) is 3. The summed E-state index contributed by atoms with van der Waals surface area (Å²) >= 11 is 0. The molecule has 1 aromatic heterocycles. The monoisotopic (exact) mass is 392 g/mol. The van der Waals surface area contributed by atoms with Gasteiger partial charge in [-0.3, -0.25) is 10.1 Å². The van der Waals surface area contributed by atoms with E-state index < -0.39 is 4.92 Å². The first-order valence-electron chi connectivity index (χ1n) is 7.53. The van der Waals surface area contributed by atoms with Gasteiger partial charge >= 0.3 is 0 Å². The highest BCUT2D eigenvalue weighted by Gasteiger charge is 2.14. The largest absolute Gasteiger partial charge is 0.496 e. The van der Waals surface area contributed by atoms with Crippen LogP contribution in [0.15, 0.2) is 36.7 Å². The van der Waals surface area contributed by atoms with Gasteiger partial charge in [-0.2, -0.15) is 0 Å². The summed E-state index contributed by atoms with van der Waals surface area (Å²) < 4.78 is 15.7. The van der Waals surface area contributed by atoms with E-state index in [1.54, 1.807) is 25.3 Å². The highest BCUT2D eigenvalue weighted by molar-refractivity contribution is 5.93. The quantitative estimate of drug-likeness (QED) is 0.499.